The van der Waals surface area contributed by atoms with Gasteiger partial charge in [-0.3, -0.25) is 14.6 Å². The maximum absolute atomic E-state index is 12.3. The summed E-state index contributed by atoms with van der Waals surface area (Å²) in [4.78, 5) is 42.3. The second-order valence-corrected chi connectivity index (χ2v) is 8.68. The van der Waals surface area contributed by atoms with Gasteiger partial charge in [-0.1, -0.05) is 48.5 Å². The van der Waals surface area contributed by atoms with Crippen molar-refractivity contribution in [2.24, 2.45) is 0 Å². The van der Waals surface area contributed by atoms with Crippen LogP contribution in [0.1, 0.15) is 53.4 Å². The minimum absolute atomic E-state index is 0.0210. The standard InChI is InChI=1S/C27H29N3O5/c1-17-23(13-14-25(31)32)30-26(33)24(29-17)12-6-7-15-28-27(34)35-16-22-20-10-4-2-8-18(20)19-9-3-5-11-21(19)22/h2-5,8-11,22H,6-7,12-16H2,1H3,(H,28,34)(H,30,33)(H,31,32). The van der Waals surface area contributed by atoms with E-state index in [1.807, 2.05) is 24.3 Å². The summed E-state index contributed by atoms with van der Waals surface area (Å²) in [5.74, 6) is -0.897. The number of carbonyl (C=O) groups excluding carboxylic acids is 1. The summed E-state index contributed by atoms with van der Waals surface area (Å²) in [7, 11) is 0. The number of unbranched alkanes of at least 4 members (excludes halogenated alkanes) is 1. The first-order valence-corrected chi connectivity index (χ1v) is 11.8. The Morgan fingerprint density at radius 3 is 2.34 bits per heavy atom. The van der Waals surface area contributed by atoms with Gasteiger partial charge in [-0.2, -0.15) is 0 Å². The van der Waals surface area contributed by atoms with E-state index >= 15 is 0 Å². The number of hydrogen-bond donors (Lipinski definition) is 3. The molecule has 0 radical (unpaired) electrons. The Morgan fingerprint density at radius 2 is 1.69 bits per heavy atom. The molecule has 0 spiro atoms. The highest BCUT2D eigenvalue weighted by atomic mass is 16.5. The zero-order valence-electron chi connectivity index (χ0n) is 19.7. The second kappa shape index (κ2) is 11.0. The average molecular weight is 476 g/mol. The van der Waals surface area contributed by atoms with Crippen LogP contribution in [0.4, 0.5) is 4.79 Å². The van der Waals surface area contributed by atoms with E-state index in [1.165, 1.54) is 22.3 Å². The van der Waals surface area contributed by atoms with E-state index in [2.05, 4.69) is 39.6 Å². The summed E-state index contributed by atoms with van der Waals surface area (Å²) in [5.41, 5.74) is 6.03. The van der Waals surface area contributed by atoms with Crippen LogP contribution < -0.4 is 10.9 Å². The maximum atomic E-state index is 12.3. The van der Waals surface area contributed by atoms with Crippen molar-refractivity contribution < 1.29 is 19.4 Å². The SMILES string of the molecule is Cc1nc(CCCCNC(=O)OCC2c3ccccc3-c3ccccc32)c(=O)[nH]c1CCC(=O)O. The Morgan fingerprint density at radius 1 is 1.03 bits per heavy atom. The number of carbonyl (C=O) groups is 2. The lowest BCUT2D eigenvalue weighted by molar-refractivity contribution is -0.136. The number of benzene rings is 2. The van der Waals surface area contributed by atoms with Crippen LogP contribution in [-0.4, -0.2) is 40.3 Å². The molecule has 1 heterocycles. The molecule has 8 nitrogen and oxygen atoms in total. The smallest absolute Gasteiger partial charge is 0.407 e. The van der Waals surface area contributed by atoms with E-state index in [1.54, 1.807) is 6.92 Å². The van der Waals surface area contributed by atoms with Gasteiger partial charge >= 0.3 is 12.1 Å². The lowest BCUT2D eigenvalue weighted by Crippen LogP contribution is -2.27. The van der Waals surface area contributed by atoms with Crippen molar-refractivity contribution in [1.82, 2.24) is 15.3 Å². The van der Waals surface area contributed by atoms with Crippen molar-refractivity contribution in [3.8, 4) is 11.1 Å². The molecule has 3 aromatic rings. The number of aromatic amines is 1. The molecule has 1 amide bonds. The second-order valence-electron chi connectivity index (χ2n) is 8.68. The third kappa shape index (κ3) is 5.77. The summed E-state index contributed by atoms with van der Waals surface area (Å²) >= 11 is 0. The van der Waals surface area contributed by atoms with Gasteiger partial charge in [0.25, 0.3) is 5.56 Å². The lowest BCUT2D eigenvalue weighted by atomic mass is 9.98. The van der Waals surface area contributed by atoms with Crippen molar-refractivity contribution >= 4 is 12.1 Å². The van der Waals surface area contributed by atoms with Gasteiger partial charge in [0.05, 0.1) is 12.1 Å². The molecule has 3 N–H and O–H groups in total. The summed E-state index contributed by atoms with van der Waals surface area (Å²) in [5, 5.41) is 11.6. The van der Waals surface area contributed by atoms with Gasteiger partial charge < -0.3 is 20.1 Å². The molecule has 0 saturated heterocycles. The van der Waals surface area contributed by atoms with Crippen molar-refractivity contribution in [3.05, 3.63) is 87.1 Å². The van der Waals surface area contributed by atoms with Crippen LogP contribution >= 0.6 is 0 Å². The monoisotopic (exact) mass is 475 g/mol. The average Bonchev–Trinajstić information content (AvgIpc) is 3.17. The first kappa shape index (κ1) is 24.2. The number of nitrogens with zero attached hydrogens (tertiary/aromatic N) is 1. The molecule has 1 aliphatic carbocycles. The predicted octanol–water partition coefficient (Wildman–Crippen LogP) is 3.96. The Labute approximate surface area is 203 Å². The fourth-order valence-electron chi connectivity index (χ4n) is 4.52. The van der Waals surface area contributed by atoms with Gasteiger partial charge in [-0.25, -0.2) is 4.79 Å². The number of aromatic nitrogens is 2. The molecular weight excluding hydrogens is 446 g/mol. The fourth-order valence-corrected chi connectivity index (χ4v) is 4.52. The van der Waals surface area contributed by atoms with Gasteiger partial charge in [0.1, 0.15) is 12.3 Å². The Bertz CT molecular complexity index is 1240. The van der Waals surface area contributed by atoms with Gasteiger partial charge in [0, 0.05) is 18.2 Å². The number of carboxylic acid groups (broad SMARTS) is 1. The number of ether oxygens (including phenoxy) is 1. The minimum Gasteiger partial charge on any atom is -0.481 e. The van der Waals surface area contributed by atoms with Crippen molar-refractivity contribution in [2.45, 2.75) is 44.9 Å². The van der Waals surface area contributed by atoms with Crippen LogP contribution in [0.25, 0.3) is 11.1 Å². The molecule has 8 heteroatoms. The first-order chi connectivity index (χ1) is 16.9. The van der Waals surface area contributed by atoms with E-state index in [0.717, 1.165) is 0 Å². The Hall–Kier alpha value is -3.94. The molecule has 0 bridgehead atoms. The molecular formula is C27H29N3O5. The molecule has 0 saturated carbocycles. The van der Waals surface area contributed by atoms with Crippen LogP contribution in [0, 0.1) is 6.92 Å². The largest absolute Gasteiger partial charge is 0.481 e. The maximum Gasteiger partial charge on any atom is 0.407 e. The number of aryl methyl sites for hydroxylation is 3. The molecule has 0 atom stereocenters. The quantitative estimate of drug-likeness (QED) is 0.382. The van der Waals surface area contributed by atoms with E-state index in [4.69, 9.17) is 9.84 Å². The zero-order valence-corrected chi connectivity index (χ0v) is 19.7. The topological polar surface area (TPSA) is 121 Å². The van der Waals surface area contributed by atoms with E-state index in [-0.39, 0.29) is 30.9 Å². The van der Waals surface area contributed by atoms with Crippen molar-refractivity contribution in [1.29, 1.82) is 0 Å². The van der Waals surface area contributed by atoms with Crippen LogP contribution in [0.15, 0.2) is 53.3 Å². The Kier molecular flexibility index (Phi) is 7.60. The number of rotatable bonds is 10. The highest BCUT2D eigenvalue weighted by molar-refractivity contribution is 5.79. The summed E-state index contributed by atoms with van der Waals surface area (Å²) in [6.45, 7) is 2.46. The number of aliphatic carboxylic acids is 1. The van der Waals surface area contributed by atoms with Crippen LogP contribution in [0.5, 0.6) is 0 Å². The van der Waals surface area contributed by atoms with Crippen LogP contribution in [-0.2, 0) is 22.4 Å². The predicted molar refractivity (Wildman–Crippen MR) is 132 cm³/mol. The third-order valence-corrected chi connectivity index (χ3v) is 6.31. The van der Waals surface area contributed by atoms with Gasteiger partial charge in [-0.15, -0.1) is 0 Å². The number of nitrogens with one attached hydrogen (secondary N) is 2. The van der Waals surface area contributed by atoms with Crippen LogP contribution in [0.3, 0.4) is 0 Å². The molecule has 2 aromatic carbocycles. The molecule has 0 aliphatic heterocycles. The molecule has 1 aliphatic rings. The summed E-state index contributed by atoms with van der Waals surface area (Å²) in [6, 6.07) is 16.4. The molecule has 1 aromatic heterocycles. The first-order valence-electron chi connectivity index (χ1n) is 11.8. The van der Waals surface area contributed by atoms with Gasteiger partial charge in [0.2, 0.25) is 0 Å². The van der Waals surface area contributed by atoms with Gasteiger partial charge in [0.15, 0.2) is 0 Å². The van der Waals surface area contributed by atoms with Gasteiger partial charge in [-0.05, 0) is 54.9 Å². The molecule has 4 rings (SSSR count). The summed E-state index contributed by atoms with van der Waals surface area (Å²) in [6.07, 6.45) is 1.55. The number of H-pyrrole nitrogens is 1. The molecule has 35 heavy (non-hydrogen) atoms. The number of carboxylic acids is 1. The molecule has 0 unspecified atom stereocenters. The number of amides is 1. The molecule has 0 fully saturated rings. The third-order valence-electron chi connectivity index (χ3n) is 6.31. The van der Waals surface area contributed by atoms with Crippen molar-refractivity contribution in [2.75, 3.05) is 13.2 Å². The highest BCUT2D eigenvalue weighted by Gasteiger charge is 2.28. The number of hydrogen-bond acceptors (Lipinski definition) is 5. The molecule has 182 valence electrons. The van der Waals surface area contributed by atoms with E-state index in [9.17, 15) is 14.4 Å². The Balaban J connectivity index is 1.21. The lowest BCUT2D eigenvalue weighted by Gasteiger charge is -2.14. The highest BCUT2D eigenvalue weighted by Crippen LogP contribution is 2.44. The number of fused-ring (bicyclic) bond motifs is 3. The van der Waals surface area contributed by atoms with E-state index < -0.39 is 12.1 Å². The van der Waals surface area contributed by atoms with Crippen LogP contribution in [0.2, 0.25) is 0 Å². The minimum atomic E-state index is -0.918. The number of alkyl carbamates (subject to hydrolysis) is 1. The van der Waals surface area contributed by atoms with E-state index in [0.29, 0.717) is 42.9 Å². The fraction of sp³-hybridized carbons (Fsp3) is 0.333. The summed E-state index contributed by atoms with van der Waals surface area (Å²) < 4.78 is 5.53. The normalized spacial score (nSPS) is 12.1. The zero-order chi connectivity index (χ0) is 24.8. The van der Waals surface area contributed by atoms with Crippen molar-refractivity contribution in [3.63, 3.8) is 0 Å².